The number of rotatable bonds is 28. The SMILES string of the molecule is CCCCCCCCN(C(=O)c1ccc(-c2ccc(OCCC3CO3)cc2)cc1)c1ccc(N(CCCCCCCC)C(=O)c2ccc(-c3ccc(OCCC4CO4)cc3)cc2)cc1. The Morgan fingerprint density at radius 2 is 0.766 bits per heavy atom. The second-order valence-electron chi connectivity index (χ2n) is 17.4. The average Bonchev–Trinajstić information content (AvgIpc) is 4.29. The number of benzene rings is 5. The van der Waals surface area contributed by atoms with Crippen molar-refractivity contribution in [3.8, 4) is 33.8 Å². The molecule has 8 heteroatoms. The highest BCUT2D eigenvalue weighted by Crippen LogP contribution is 2.29. The van der Waals surface area contributed by atoms with E-state index in [0.717, 1.165) is 110 Å². The van der Waals surface area contributed by atoms with Gasteiger partial charge in [-0.3, -0.25) is 9.59 Å². The summed E-state index contributed by atoms with van der Waals surface area (Å²) < 4.78 is 22.4. The van der Waals surface area contributed by atoms with Gasteiger partial charge in [0.05, 0.1) is 38.6 Å². The number of amides is 2. The molecule has 338 valence electrons. The Morgan fingerprint density at radius 1 is 0.453 bits per heavy atom. The first-order valence-corrected chi connectivity index (χ1v) is 24.1. The normalized spacial score (nSPS) is 15.1. The third kappa shape index (κ3) is 14.3. The quantitative estimate of drug-likeness (QED) is 0.0368. The molecular weight excluding hydrogens is 797 g/mol. The monoisotopic (exact) mass is 865 g/mol. The Balaban J connectivity index is 1.04. The molecule has 0 aliphatic carbocycles. The summed E-state index contributed by atoms with van der Waals surface area (Å²) in [6.45, 7) is 8.68. The number of hydrogen-bond acceptors (Lipinski definition) is 6. The Kier molecular flexibility index (Phi) is 17.9. The van der Waals surface area contributed by atoms with Crippen molar-refractivity contribution in [1.29, 1.82) is 0 Å². The fourth-order valence-electron chi connectivity index (χ4n) is 8.10. The van der Waals surface area contributed by atoms with Gasteiger partial charge in [-0.25, -0.2) is 0 Å². The third-order valence-electron chi connectivity index (χ3n) is 12.3. The molecule has 2 aliphatic rings. The summed E-state index contributed by atoms with van der Waals surface area (Å²) in [6, 6.07) is 40.1. The first-order valence-electron chi connectivity index (χ1n) is 24.1. The lowest BCUT2D eigenvalue weighted by molar-refractivity contribution is 0.0978. The van der Waals surface area contributed by atoms with Crippen LogP contribution in [0.5, 0.6) is 11.5 Å². The molecule has 2 heterocycles. The highest BCUT2D eigenvalue weighted by Gasteiger charge is 2.24. The molecule has 2 fully saturated rings. The molecule has 0 N–H and O–H groups in total. The van der Waals surface area contributed by atoms with Gasteiger partial charge in [0.2, 0.25) is 0 Å². The van der Waals surface area contributed by atoms with Crippen molar-refractivity contribution < 1.29 is 28.5 Å². The van der Waals surface area contributed by atoms with Crippen LogP contribution in [-0.2, 0) is 9.47 Å². The minimum Gasteiger partial charge on any atom is -0.493 e. The van der Waals surface area contributed by atoms with E-state index >= 15 is 0 Å². The maximum atomic E-state index is 14.4. The zero-order chi connectivity index (χ0) is 44.4. The summed E-state index contributed by atoms with van der Waals surface area (Å²) in [4.78, 5) is 32.5. The summed E-state index contributed by atoms with van der Waals surface area (Å²) >= 11 is 0. The molecule has 0 aromatic heterocycles. The molecule has 8 nitrogen and oxygen atoms in total. The van der Waals surface area contributed by atoms with Gasteiger partial charge in [0.1, 0.15) is 11.5 Å². The number of unbranched alkanes of at least 4 members (excludes halogenated alkanes) is 10. The molecule has 2 atom stereocenters. The molecule has 2 unspecified atom stereocenters. The lowest BCUT2D eigenvalue weighted by Crippen LogP contribution is -2.33. The van der Waals surface area contributed by atoms with E-state index in [1.807, 2.05) is 107 Å². The molecule has 2 amide bonds. The molecule has 5 aromatic rings. The lowest BCUT2D eigenvalue weighted by Gasteiger charge is -2.26. The van der Waals surface area contributed by atoms with E-state index in [1.165, 1.54) is 38.5 Å². The van der Waals surface area contributed by atoms with E-state index in [9.17, 15) is 9.59 Å². The highest BCUT2D eigenvalue weighted by atomic mass is 16.6. The van der Waals surface area contributed by atoms with E-state index in [1.54, 1.807) is 0 Å². The largest absolute Gasteiger partial charge is 0.493 e. The first kappa shape index (κ1) is 46.5. The molecule has 2 aliphatic heterocycles. The number of carbonyl (C=O) groups is 2. The van der Waals surface area contributed by atoms with Crippen molar-refractivity contribution in [2.75, 3.05) is 49.3 Å². The molecule has 2 saturated heterocycles. The second kappa shape index (κ2) is 24.6. The average molecular weight is 865 g/mol. The molecule has 0 spiro atoms. The number of epoxide rings is 2. The summed E-state index contributed by atoms with van der Waals surface area (Å²) in [5.74, 6) is 1.64. The van der Waals surface area contributed by atoms with Crippen molar-refractivity contribution in [3.63, 3.8) is 0 Å². The summed E-state index contributed by atoms with van der Waals surface area (Å²) in [5.41, 5.74) is 7.18. The van der Waals surface area contributed by atoms with Gasteiger partial charge in [0, 0.05) is 48.4 Å². The number of anilines is 2. The zero-order valence-electron chi connectivity index (χ0n) is 38.2. The standard InChI is InChI=1S/C56H68N2O6/c1-3-5-7-9-11-13-37-57(55(59)47-19-15-43(16-20-47)45-23-31-51(32-24-45)61-39-35-53-41-63-53)49-27-29-50(30-28-49)58(38-14-12-10-8-6-4-2)56(60)48-21-17-44(18-22-48)46-25-33-52(34-26-46)62-40-36-54-42-64-54/h15-34,53-54H,3-14,35-42H2,1-2H3. The van der Waals surface area contributed by atoms with Crippen molar-refractivity contribution in [1.82, 2.24) is 0 Å². The number of nitrogens with zero attached hydrogens (tertiary/aromatic N) is 2. The summed E-state index contributed by atoms with van der Waals surface area (Å²) in [7, 11) is 0. The van der Waals surface area contributed by atoms with Crippen molar-refractivity contribution in [3.05, 3.63) is 132 Å². The predicted molar refractivity (Wildman–Crippen MR) is 260 cm³/mol. The van der Waals surface area contributed by atoms with E-state index in [4.69, 9.17) is 18.9 Å². The minimum absolute atomic E-state index is 0.0257. The van der Waals surface area contributed by atoms with E-state index in [-0.39, 0.29) is 11.8 Å². The van der Waals surface area contributed by atoms with Gasteiger partial charge in [0.25, 0.3) is 11.8 Å². The maximum absolute atomic E-state index is 14.4. The van der Waals surface area contributed by atoms with Crippen LogP contribution in [0.1, 0.15) is 124 Å². The predicted octanol–water partition coefficient (Wildman–Crippen LogP) is 13.4. The van der Waals surface area contributed by atoms with Gasteiger partial charge in [-0.05, 0) is 108 Å². The number of ether oxygens (including phenoxy) is 4. The van der Waals surface area contributed by atoms with Crippen LogP contribution in [0.4, 0.5) is 11.4 Å². The van der Waals surface area contributed by atoms with E-state index in [2.05, 4.69) is 38.1 Å². The first-order chi connectivity index (χ1) is 31.5. The van der Waals surface area contributed by atoms with Crippen molar-refractivity contribution >= 4 is 23.2 Å². The Hall–Kier alpha value is -5.44. The van der Waals surface area contributed by atoms with Crippen LogP contribution in [0.2, 0.25) is 0 Å². The third-order valence-corrected chi connectivity index (χ3v) is 12.3. The molecule has 7 rings (SSSR count). The van der Waals surface area contributed by atoms with Gasteiger partial charge < -0.3 is 28.7 Å². The van der Waals surface area contributed by atoms with Crippen LogP contribution >= 0.6 is 0 Å². The van der Waals surface area contributed by atoms with Crippen molar-refractivity contribution in [2.24, 2.45) is 0 Å². The fraction of sp³-hybridized carbons (Fsp3) is 0.429. The van der Waals surface area contributed by atoms with Gasteiger partial charge >= 0.3 is 0 Å². The second-order valence-corrected chi connectivity index (χ2v) is 17.4. The van der Waals surface area contributed by atoms with Crippen molar-refractivity contribution in [2.45, 2.75) is 116 Å². The zero-order valence-corrected chi connectivity index (χ0v) is 38.2. The molecule has 0 saturated carbocycles. The molecule has 5 aromatic carbocycles. The van der Waals surface area contributed by atoms with E-state index < -0.39 is 0 Å². The minimum atomic E-state index is -0.0257. The van der Waals surface area contributed by atoms with Gasteiger partial charge in [-0.1, -0.05) is 127 Å². The highest BCUT2D eigenvalue weighted by molar-refractivity contribution is 6.08. The van der Waals surface area contributed by atoms with Crippen LogP contribution in [0, 0.1) is 0 Å². The number of hydrogen-bond donors (Lipinski definition) is 0. The van der Waals surface area contributed by atoms with Gasteiger partial charge in [-0.15, -0.1) is 0 Å². The smallest absolute Gasteiger partial charge is 0.258 e. The van der Waals surface area contributed by atoms with Crippen LogP contribution < -0.4 is 19.3 Å². The lowest BCUT2D eigenvalue weighted by atomic mass is 10.0. The van der Waals surface area contributed by atoms with Gasteiger partial charge in [0.15, 0.2) is 0 Å². The molecule has 64 heavy (non-hydrogen) atoms. The van der Waals surface area contributed by atoms with E-state index in [0.29, 0.717) is 49.6 Å². The fourth-order valence-corrected chi connectivity index (χ4v) is 8.10. The Bertz CT molecular complexity index is 1990. The van der Waals surface area contributed by atoms with Crippen LogP contribution in [-0.4, -0.2) is 63.5 Å². The van der Waals surface area contributed by atoms with Gasteiger partial charge in [-0.2, -0.15) is 0 Å². The Morgan fingerprint density at radius 3 is 1.09 bits per heavy atom. The number of carbonyl (C=O) groups excluding carboxylic acids is 2. The summed E-state index contributed by atoms with van der Waals surface area (Å²) in [5, 5.41) is 0. The van der Waals surface area contributed by atoms with Crippen LogP contribution in [0.15, 0.2) is 121 Å². The summed E-state index contributed by atoms with van der Waals surface area (Å²) in [6.07, 6.45) is 16.2. The Labute approximate surface area is 381 Å². The molecular formula is C56H68N2O6. The molecule has 0 bridgehead atoms. The van der Waals surface area contributed by atoms with Crippen LogP contribution in [0.3, 0.4) is 0 Å². The van der Waals surface area contributed by atoms with Crippen LogP contribution in [0.25, 0.3) is 22.3 Å². The topological polar surface area (TPSA) is 84.1 Å². The maximum Gasteiger partial charge on any atom is 0.258 e. The molecule has 0 radical (unpaired) electrons.